The van der Waals surface area contributed by atoms with Crippen LogP contribution >= 0.6 is 31.9 Å². The van der Waals surface area contributed by atoms with Crippen LogP contribution in [0.1, 0.15) is 16.9 Å². The normalized spacial score (nSPS) is 10.9. The Labute approximate surface area is 145 Å². The van der Waals surface area contributed by atoms with Crippen LogP contribution < -0.4 is 10.2 Å². The van der Waals surface area contributed by atoms with Crippen molar-refractivity contribution in [3.05, 3.63) is 50.3 Å². The molecular weight excluding hydrogens is 416 g/mol. The van der Waals surface area contributed by atoms with Gasteiger partial charge in [0.1, 0.15) is 11.5 Å². The van der Waals surface area contributed by atoms with E-state index in [2.05, 4.69) is 42.4 Å². The lowest BCUT2D eigenvalue weighted by Gasteiger charge is -2.09. The number of nitrogens with one attached hydrogen (secondary N) is 1. The summed E-state index contributed by atoms with van der Waals surface area (Å²) in [6, 6.07) is 7.44. The van der Waals surface area contributed by atoms with Crippen LogP contribution in [0.5, 0.6) is 5.75 Å². The zero-order chi connectivity index (χ0) is 16.1. The highest BCUT2D eigenvalue weighted by atomic mass is 79.9. The number of halogens is 2. The van der Waals surface area contributed by atoms with Gasteiger partial charge in [-0.25, -0.2) is 5.43 Å². The predicted octanol–water partition coefficient (Wildman–Crippen LogP) is 3.95. The van der Waals surface area contributed by atoms with Crippen LogP contribution in [-0.2, 0) is 4.79 Å². The number of nitrogens with zero attached hydrogens (tertiary/aromatic N) is 1. The predicted molar refractivity (Wildman–Crippen MR) is 91.3 cm³/mol. The molecule has 0 saturated carbocycles. The van der Waals surface area contributed by atoms with Crippen molar-refractivity contribution in [2.24, 2.45) is 5.10 Å². The van der Waals surface area contributed by atoms with Crippen molar-refractivity contribution in [2.75, 3.05) is 6.61 Å². The number of carbonyl (C=O) groups excluding carboxylic acids is 1. The number of hydrazone groups is 1. The molecule has 1 amide bonds. The Morgan fingerprint density at radius 1 is 1.41 bits per heavy atom. The Morgan fingerprint density at radius 2 is 2.18 bits per heavy atom. The fourth-order valence-electron chi connectivity index (χ4n) is 1.65. The van der Waals surface area contributed by atoms with Gasteiger partial charge < -0.3 is 9.15 Å². The topological polar surface area (TPSA) is 63.8 Å². The molecule has 1 heterocycles. The first-order valence-corrected chi connectivity index (χ1v) is 8.01. The summed E-state index contributed by atoms with van der Waals surface area (Å²) in [6.45, 7) is 3.84. The molecule has 1 N–H and O–H groups in total. The molecule has 0 atom stereocenters. The zero-order valence-corrected chi connectivity index (χ0v) is 15.2. The maximum absolute atomic E-state index is 11.7. The number of furan rings is 1. The third-order valence-corrected chi connectivity index (χ3v) is 4.67. The van der Waals surface area contributed by atoms with E-state index in [9.17, 15) is 4.79 Å². The number of aryl methyl sites for hydroxylation is 1. The average molecular weight is 430 g/mol. The van der Waals surface area contributed by atoms with E-state index in [0.717, 1.165) is 15.6 Å². The Hall–Kier alpha value is -1.60. The monoisotopic (exact) mass is 428 g/mol. The van der Waals surface area contributed by atoms with Gasteiger partial charge in [0.2, 0.25) is 0 Å². The lowest BCUT2D eigenvalue weighted by Crippen LogP contribution is -2.24. The van der Waals surface area contributed by atoms with Gasteiger partial charge in [-0.05, 0) is 62.9 Å². The van der Waals surface area contributed by atoms with E-state index in [1.54, 1.807) is 6.07 Å². The number of hydrogen-bond acceptors (Lipinski definition) is 4. The standard InChI is InChI=1S/C15H14Br2N2O3/c1-9-4-3-5-13(10(9)2)21-8-14(20)19-18-7-11-6-12(16)15(17)22-11/h3-7H,8H2,1-2H3,(H,19,20). The van der Waals surface area contributed by atoms with Crippen molar-refractivity contribution in [2.45, 2.75) is 13.8 Å². The first kappa shape index (κ1) is 16.8. The highest BCUT2D eigenvalue weighted by Crippen LogP contribution is 2.25. The van der Waals surface area contributed by atoms with Gasteiger partial charge in [-0.15, -0.1) is 0 Å². The molecule has 0 bridgehead atoms. The summed E-state index contributed by atoms with van der Waals surface area (Å²) >= 11 is 6.51. The summed E-state index contributed by atoms with van der Waals surface area (Å²) in [5, 5.41) is 3.81. The van der Waals surface area contributed by atoms with E-state index in [1.807, 2.05) is 32.0 Å². The summed E-state index contributed by atoms with van der Waals surface area (Å²) in [7, 11) is 0. The van der Waals surface area contributed by atoms with Crippen LogP contribution in [0.25, 0.3) is 0 Å². The van der Waals surface area contributed by atoms with Crippen LogP contribution in [0.3, 0.4) is 0 Å². The van der Waals surface area contributed by atoms with Crippen LogP contribution in [0.15, 0.2) is 42.9 Å². The molecule has 0 aliphatic heterocycles. The van der Waals surface area contributed by atoms with Crippen molar-refractivity contribution >= 4 is 44.0 Å². The summed E-state index contributed by atoms with van der Waals surface area (Å²) in [5.74, 6) is 0.856. The highest BCUT2D eigenvalue weighted by Gasteiger charge is 2.06. The van der Waals surface area contributed by atoms with Crippen molar-refractivity contribution < 1.29 is 13.9 Å². The van der Waals surface area contributed by atoms with Gasteiger partial charge in [0.15, 0.2) is 11.3 Å². The minimum absolute atomic E-state index is 0.104. The molecule has 0 radical (unpaired) electrons. The van der Waals surface area contributed by atoms with Gasteiger partial charge in [-0.3, -0.25) is 4.79 Å². The number of carbonyl (C=O) groups is 1. The second-order valence-electron chi connectivity index (χ2n) is 4.55. The molecular formula is C15H14Br2N2O3. The van der Waals surface area contributed by atoms with E-state index >= 15 is 0 Å². The lowest BCUT2D eigenvalue weighted by molar-refractivity contribution is -0.123. The van der Waals surface area contributed by atoms with Crippen LogP contribution in [0.4, 0.5) is 0 Å². The first-order chi connectivity index (χ1) is 10.5. The lowest BCUT2D eigenvalue weighted by atomic mass is 10.1. The molecule has 0 fully saturated rings. The zero-order valence-electron chi connectivity index (χ0n) is 12.0. The second kappa shape index (κ2) is 7.60. The SMILES string of the molecule is Cc1cccc(OCC(=O)NN=Cc2cc(Br)c(Br)o2)c1C. The third kappa shape index (κ3) is 4.45. The molecule has 5 nitrogen and oxygen atoms in total. The molecule has 7 heteroatoms. The number of amides is 1. The molecule has 1 aromatic heterocycles. The van der Waals surface area contributed by atoms with Gasteiger partial charge >= 0.3 is 0 Å². The fraction of sp³-hybridized carbons (Fsp3) is 0.200. The number of benzene rings is 1. The molecule has 1 aromatic carbocycles. The Balaban J connectivity index is 1.84. The minimum Gasteiger partial charge on any atom is -0.483 e. The third-order valence-electron chi connectivity index (χ3n) is 2.96. The number of rotatable bonds is 5. The summed E-state index contributed by atoms with van der Waals surface area (Å²) in [6.07, 6.45) is 1.41. The highest BCUT2D eigenvalue weighted by molar-refractivity contribution is 9.13. The number of hydrogen-bond donors (Lipinski definition) is 1. The van der Waals surface area contributed by atoms with E-state index in [-0.39, 0.29) is 12.5 Å². The quantitative estimate of drug-likeness (QED) is 0.578. The Morgan fingerprint density at radius 3 is 2.86 bits per heavy atom. The minimum atomic E-state index is -0.346. The maximum Gasteiger partial charge on any atom is 0.277 e. The van der Waals surface area contributed by atoms with Gasteiger partial charge in [0.05, 0.1) is 10.7 Å². The van der Waals surface area contributed by atoms with Crippen LogP contribution in [0, 0.1) is 13.8 Å². The van der Waals surface area contributed by atoms with E-state index < -0.39 is 0 Å². The smallest absolute Gasteiger partial charge is 0.277 e. The molecule has 2 aromatic rings. The van der Waals surface area contributed by atoms with E-state index in [0.29, 0.717) is 16.2 Å². The summed E-state index contributed by atoms with van der Waals surface area (Å²) in [4.78, 5) is 11.7. The van der Waals surface area contributed by atoms with Crippen molar-refractivity contribution in [3.8, 4) is 5.75 Å². The fourth-order valence-corrected chi connectivity index (χ4v) is 2.26. The van der Waals surface area contributed by atoms with Gasteiger partial charge in [0.25, 0.3) is 5.91 Å². The van der Waals surface area contributed by atoms with Gasteiger partial charge in [-0.2, -0.15) is 5.10 Å². The molecule has 0 unspecified atom stereocenters. The average Bonchev–Trinajstić information content (AvgIpc) is 2.79. The Bertz CT molecular complexity index is 691. The summed E-state index contributed by atoms with van der Waals surface area (Å²) in [5.41, 5.74) is 4.51. The molecule has 0 aliphatic carbocycles. The van der Waals surface area contributed by atoms with E-state index in [1.165, 1.54) is 6.21 Å². The molecule has 0 spiro atoms. The van der Waals surface area contributed by atoms with Gasteiger partial charge in [0, 0.05) is 6.07 Å². The molecule has 116 valence electrons. The Kier molecular flexibility index (Phi) is 5.79. The molecule has 0 saturated heterocycles. The van der Waals surface area contributed by atoms with Gasteiger partial charge in [-0.1, -0.05) is 12.1 Å². The summed E-state index contributed by atoms with van der Waals surface area (Å²) < 4.78 is 12.1. The largest absolute Gasteiger partial charge is 0.483 e. The van der Waals surface area contributed by atoms with Crippen molar-refractivity contribution in [1.29, 1.82) is 0 Å². The molecule has 22 heavy (non-hydrogen) atoms. The van der Waals surface area contributed by atoms with Crippen molar-refractivity contribution in [1.82, 2.24) is 5.43 Å². The van der Waals surface area contributed by atoms with Crippen LogP contribution in [0.2, 0.25) is 0 Å². The first-order valence-electron chi connectivity index (χ1n) is 6.43. The van der Waals surface area contributed by atoms with Crippen LogP contribution in [-0.4, -0.2) is 18.7 Å². The number of ether oxygens (including phenoxy) is 1. The molecule has 0 aliphatic rings. The second-order valence-corrected chi connectivity index (χ2v) is 6.12. The van der Waals surface area contributed by atoms with E-state index in [4.69, 9.17) is 9.15 Å². The molecule has 2 rings (SSSR count). The maximum atomic E-state index is 11.7. The van der Waals surface area contributed by atoms with Crippen molar-refractivity contribution in [3.63, 3.8) is 0 Å².